The van der Waals surface area contributed by atoms with E-state index in [1.807, 2.05) is 13.0 Å². The minimum atomic E-state index is -1.52. The molecule has 6 heteroatoms. The molecule has 106 valence electrons. The molecule has 0 saturated carbocycles. The Morgan fingerprint density at radius 3 is 2.58 bits per heavy atom. The molecule has 0 heterocycles. The fourth-order valence-corrected chi connectivity index (χ4v) is 1.59. The van der Waals surface area contributed by atoms with Gasteiger partial charge >= 0.3 is 7.12 Å². The fraction of sp³-hybridized carbons (Fsp3) is 0.538. The summed E-state index contributed by atoms with van der Waals surface area (Å²) in [6.07, 6.45) is 0.735. The van der Waals surface area contributed by atoms with Gasteiger partial charge in [0.05, 0.1) is 19.8 Å². The zero-order valence-electron chi connectivity index (χ0n) is 11.5. The average molecular weight is 268 g/mol. The molecule has 0 aliphatic heterocycles. The van der Waals surface area contributed by atoms with Crippen LogP contribution in [0, 0.1) is 6.92 Å². The van der Waals surface area contributed by atoms with Gasteiger partial charge in [-0.3, -0.25) is 0 Å². The van der Waals surface area contributed by atoms with Crippen LogP contribution < -0.4 is 10.2 Å². The third-order valence-corrected chi connectivity index (χ3v) is 2.57. The lowest BCUT2D eigenvalue weighted by Crippen LogP contribution is -2.31. The Balaban J connectivity index is 2.33. The second-order valence-electron chi connectivity index (χ2n) is 4.22. The highest BCUT2D eigenvalue weighted by Crippen LogP contribution is 2.10. The van der Waals surface area contributed by atoms with Gasteiger partial charge in [0.15, 0.2) is 0 Å². The molecule has 0 unspecified atom stereocenters. The van der Waals surface area contributed by atoms with Crippen LogP contribution in [0.1, 0.15) is 12.0 Å². The Kier molecular flexibility index (Phi) is 7.51. The largest absolute Gasteiger partial charge is 0.494 e. The number of hydrogen-bond donors (Lipinski definition) is 2. The standard InChI is InChI=1S/C13H21BO5/c1-11-4-5-13(12(10-11)14(15)16)19-7-3-6-18-9-8-17-2/h4-5,10,15-16H,3,6-9H2,1-2H3. The highest BCUT2D eigenvalue weighted by atomic mass is 16.5. The lowest BCUT2D eigenvalue weighted by Gasteiger charge is -2.12. The molecule has 0 aromatic heterocycles. The maximum absolute atomic E-state index is 9.27. The Hall–Kier alpha value is -1.08. The maximum atomic E-state index is 9.27. The smallest absolute Gasteiger partial charge is 0.492 e. The predicted octanol–water partition coefficient (Wildman–Crippen LogP) is 0.107. The monoisotopic (exact) mass is 268 g/mol. The number of methoxy groups -OCH3 is 1. The van der Waals surface area contributed by atoms with Crippen molar-refractivity contribution in [1.82, 2.24) is 0 Å². The van der Waals surface area contributed by atoms with Crippen molar-refractivity contribution in [1.29, 1.82) is 0 Å². The van der Waals surface area contributed by atoms with E-state index in [0.29, 0.717) is 37.6 Å². The molecule has 0 amide bonds. The normalized spacial score (nSPS) is 10.5. The summed E-state index contributed by atoms with van der Waals surface area (Å²) in [6.45, 7) is 4.10. The summed E-state index contributed by atoms with van der Waals surface area (Å²) in [4.78, 5) is 0. The molecule has 0 aliphatic rings. The molecule has 0 spiro atoms. The molecule has 1 rings (SSSR count). The van der Waals surface area contributed by atoms with Crippen molar-refractivity contribution in [2.75, 3.05) is 33.5 Å². The number of ether oxygens (including phenoxy) is 3. The minimum absolute atomic E-state index is 0.389. The van der Waals surface area contributed by atoms with Gasteiger partial charge in [0, 0.05) is 25.6 Å². The van der Waals surface area contributed by atoms with Gasteiger partial charge in [0.25, 0.3) is 0 Å². The van der Waals surface area contributed by atoms with Gasteiger partial charge in [-0.2, -0.15) is 0 Å². The van der Waals surface area contributed by atoms with E-state index in [2.05, 4.69) is 0 Å². The van der Waals surface area contributed by atoms with Crippen LogP contribution in [0.4, 0.5) is 0 Å². The molecule has 0 radical (unpaired) electrons. The van der Waals surface area contributed by atoms with Gasteiger partial charge in [-0.1, -0.05) is 17.7 Å². The molecule has 1 aromatic rings. The third-order valence-electron chi connectivity index (χ3n) is 2.57. The highest BCUT2D eigenvalue weighted by molar-refractivity contribution is 6.59. The number of hydrogen-bond acceptors (Lipinski definition) is 5. The van der Waals surface area contributed by atoms with Crippen LogP contribution >= 0.6 is 0 Å². The lowest BCUT2D eigenvalue weighted by atomic mass is 9.79. The molecule has 0 fully saturated rings. The molecule has 0 bridgehead atoms. The van der Waals surface area contributed by atoms with E-state index in [4.69, 9.17) is 14.2 Å². The quantitative estimate of drug-likeness (QED) is 0.491. The molecule has 2 N–H and O–H groups in total. The van der Waals surface area contributed by atoms with E-state index in [-0.39, 0.29) is 0 Å². The topological polar surface area (TPSA) is 68.2 Å². The molecule has 1 aromatic carbocycles. The van der Waals surface area contributed by atoms with Crippen LogP contribution in [0.15, 0.2) is 18.2 Å². The first-order valence-electron chi connectivity index (χ1n) is 6.31. The first-order valence-corrected chi connectivity index (χ1v) is 6.31. The molecule has 0 aliphatic carbocycles. The van der Waals surface area contributed by atoms with Crippen molar-refractivity contribution < 1.29 is 24.3 Å². The fourth-order valence-electron chi connectivity index (χ4n) is 1.59. The van der Waals surface area contributed by atoms with Gasteiger partial charge in [0.1, 0.15) is 5.75 Å². The summed E-state index contributed by atoms with van der Waals surface area (Å²) in [5.74, 6) is 0.498. The van der Waals surface area contributed by atoms with E-state index in [1.165, 1.54) is 0 Å². The first-order chi connectivity index (χ1) is 9.15. The van der Waals surface area contributed by atoms with Crippen LogP contribution in [-0.4, -0.2) is 50.7 Å². The van der Waals surface area contributed by atoms with Crippen molar-refractivity contribution in [3.63, 3.8) is 0 Å². The molecule has 19 heavy (non-hydrogen) atoms. The summed E-state index contributed by atoms with van der Waals surface area (Å²) in [5, 5.41) is 18.5. The van der Waals surface area contributed by atoms with E-state index in [9.17, 15) is 10.0 Å². The van der Waals surface area contributed by atoms with E-state index < -0.39 is 7.12 Å². The Labute approximate surface area is 114 Å². The summed E-state index contributed by atoms with van der Waals surface area (Å²) >= 11 is 0. The van der Waals surface area contributed by atoms with Crippen molar-refractivity contribution in [2.24, 2.45) is 0 Å². The molecule has 0 saturated heterocycles. The molecule has 0 atom stereocenters. The number of rotatable bonds is 9. The summed E-state index contributed by atoms with van der Waals surface area (Å²) in [5.41, 5.74) is 1.35. The van der Waals surface area contributed by atoms with Gasteiger partial charge in [-0.25, -0.2) is 0 Å². The van der Waals surface area contributed by atoms with Gasteiger partial charge in [-0.05, 0) is 13.0 Å². The summed E-state index contributed by atoms with van der Waals surface area (Å²) in [7, 11) is 0.110. The SMILES string of the molecule is COCCOCCCOc1ccc(C)cc1B(O)O. The van der Waals surface area contributed by atoms with Crippen molar-refractivity contribution >= 4 is 12.6 Å². The van der Waals surface area contributed by atoms with Crippen LogP contribution in [0.3, 0.4) is 0 Å². The first kappa shape index (κ1) is 16.0. The van der Waals surface area contributed by atoms with Crippen LogP contribution in [0.25, 0.3) is 0 Å². The average Bonchev–Trinajstić information content (AvgIpc) is 2.39. The Morgan fingerprint density at radius 1 is 1.11 bits per heavy atom. The van der Waals surface area contributed by atoms with E-state index in [0.717, 1.165) is 12.0 Å². The Bertz CT molecular complexity index is 370. The summed E-state index contributed by atoms with van der Waals surface area (Å²) < 4.78 is 15.7. The third kappa shape index (κ3) is 6.07. The number of aryl methyl sites for hydroxylation is 1. The molecular weight excluding hydrogens is 247 g/mol. The second-order valence-corrected chi connectivity index (χ2v) is 4.22. The zero-order valence-corrected chi connectivity index (χ0v) is 11.5. The van der Waals surface area contributed by atoms with Crippen molar-refractivity contribution in [2.45, 2.75) is 13.3 Å². The van der Waals surface area contributed by atoms with E-state index in [1.54, 1.807) is 19.2 Å². The predicted molar refractivity (Wildman–Crippen MR) is 73.8 cm³/mol. The van der Waals surface area contributed by atoms with Crippen LogP contribution in [0.2, 0.25) is 0 Å². The highest BCUT2D eigenvalue weighted by Gasteiger charge is 2.17. The second kappa shape index (κ2) is 8.93. The molecule has 5 nitrogen and oxygen atoms in total. The van der Waals surface area contributed by atoms with Crippen LogP contribution in [0.5, 0.6) is 5.75 Å². The van der Waals surface area contributed by atoms with Crippen LogP contribution in [-0.2, 0) is 9.47 Å². The van der Waals surface area contributed by atoms with Gasteiger partial charge < -0.3 is 24.3 Å². The molecular formula is C13H21BO5. The van der Waals surface area contributed by atoms with E-state index >= 15 is 0 Å². The summed E-state index contributed by atoms with van der Waals surface area (Å²) in [6, 6.07) is 5.32. The van der Waals surface area contributed by atoms with Crippen molar-refractivity contribution in [3.05, 3.63) is 23.8 Å². The Morgan fingerprint density at radius 2 is 1.89 bits per heavy atom. The number of benzene rings is 1. The van der Waals surface area contributed by atoms with Gasteiger partial charge in [0.2, 0.25) is 0 Å². The lowest BCUT2D eigenvalue weighted by molar-refractivity contribution is 0.0645. The van der Waals surface area contributed by atoms with Gasteiger partial charge in [-0.15, -0.1) is 0 Å². The minimum Gasteiger partial charge on any atom is -0.494 e. The van der Waals surface area contributed by atoms with Crippen molar-refractivity contribution in [3.8, 4) is 5.75 Å². The maximum Gasteiger partial charge on any atom is 0.492 e. The zero-order chi connectivity index (χ0) is 14.1.